The van der Waals surface area contributed by atoms with Gasteiger partial charge in [0.1, 0.15) is 0 Å². The average molecular weight is 250 g/mol. The van der Waals surface area contributed by atoms with Crippen LogP contribution in [0.3, 0.4) is 0 Å². The summed E-state index contributed by atoms with van der Waals surface area (Å²) in [6, 6.07) is 2.71. The number of nitrogens with two attached hydrogens (primary N) is 1. The lowest BCUT2D eigenvalue weighted by molar-refractivity contribution is 0.374. The molecular formula is C14H22N2S. The standard InChI is InChI=1S/C14H22N2S/c1-2-3-4-7-13(16-15)11-6-5-8-14-12(11)9-10-17-14/h2,9-11,13,16H,1,3-8,15H2. The van der Waals surface area contributed by atoms with Crippen LogP contribution in [-0.4, -0.2) is 6.04 Å². The first-order valence-electron chi connectivity index (χ1n) is 6.50. The molecule has 1 aliphatic rings. The molecule has 0 bridgehead atoms. The predicted molar refractivity (Wildman–Crippen MR) is 75.2 cm³/mol. The number of hydrogen-bond acceptors (Lipinski definition) is 3. The Kier molecular flexibility index (Phi) is 4.77. The summed E-state index contributed by atoms with van der Waals surface area (Å²) in [4.78, 5) is 1.57. The second-order valence-electron chi connectivity index (χ2n) is 4.79. The molecule has 3 N–H and O–H groups in total. The molecule has 94 valence electrons. The van der Waals surface area contributed by atoms with E-state index >= 15 is 0 Å². The van der Waals surface area contributed by atoms with Gasteiger partial charge in [-0.25, -0.2) is 0 Å². The first-order valence-corrected chi connectivity index (χ1v) is 7.38. The van der Waals surface area contributed by atoms with Gasteiger partial charge in [-0.1, -0.05) is 6.08 Å². The molecule has 1 aromatic heterocycles. The summed E-state index contributed by atoms with van der Waals surface area (Å²) in [5.74, 6) is 6.35. The van der Waals surface area contributed by atoms with Crippen LogP contribution in [0.15, 0.2) is 24.1 Å². The van der Waals surface area contributed by atoms with Crippen LogP contribution in [0.2, 0.25) is 0 Å². The summed E-state index contributed by atoms with van der Waals surface area (Å²) in [6.07, 6.45) is 9.22. The molecule has 1 heterocycles. The van der Waals surface area contributed by atoms with Crippen LogP contribution in [-0.2, 0) is 6.42 Å². The fourth-order valence-corrected chi connectivity index (χ4v) is 3.82. The van der Waals surface area contributed by atoms with E-state index in [0.29, 0.717) is 12.0 Å². The van der Waals surface area contributed by atoms with Gasteiger partial charge in [-0.05, 0) is 55.5 Å². The summed E-state index contributed by atoms with van der Waals surface area (Å²) < 4.78 is 0. The number of nitrogens with one attached hydrogen (secondary N) is 1. The van der Waals surface area contributed by atoms with E-state index in [1.54, 1.807) is 10.4 Å². The smallest absolute Gasteiger partial charge is 0.0279 e. The summed E-state index contributed by atoms with van der Waals surface area (Å²) in [5.41, 5.74) is 4.58. The number of rotatable bonds is 6. The van der Waals surface area contributed by atoms with Crippen LogP contribution in [0.1, 0.15) is 48.5 Å². The minimum atomic E-state index is 0.420. The highest BCUT2D eigenvalue weighted by molar-refractivity contribution is 7.10. The van der Waals surface area contributed by atoms with Crippen molar-refractivity contribution in [1.82, 2.24) is 5.43 Å². The molecule has 2 unspecified atom stereocenters. The zero-order chi connectivity index (χ0) is 12.1. The Bertz CT molecular complexity index is 359. The third-order valence-corrected chi connectivity index (χ3v) is 4.72. The van der Waals surface area contributed by atoms with E-state index in [4.69, 9.17) is 5.84 Å². The zero-order valence-corrected chi connectivity index (χ0v) is 11.1. The van der Waals surface area contributed by atoms with Crippen LogP contribution in [0, 0.1) is 0 Å². The van der Waals surface area contributed by atoms with E-state index in [1.165, 1.54) is 25.7 Å². The van der Waals surface area contributed by atoms with Gasteiger partial charge in [-0.3, -0.25) is 11.3 Å². The van der Waals surface area contributed by atoms with Crippen molar-refractivity contribution >= 4 is 11.3 Å². The Morgan fingerprint density at radius 3 is 3.29 bits per heavy atom. The van der Waals surface area contributed by atoms with Crippen LogP contribution < -0.4 is 11.3 Å². The first-order chi connectivity index (χ1) is 8.36. The molecule has 1 aromatic rings. The molecule has 0 fully saturated rings. The molecule has 0 radical (unpaired) electrons. The van der Waals surface area contributed by atoms with Gasteiger partial charge in [0.2, 0.25) is 0 Å². The van der Waals surface area contributed by atoms with Crippen LogP contribution in [0.5, 0.6) is 0 Å². The number of thiophene rings is 1. The quantitative estimate of drug-likeness (QED) is 0.352. The van der Waals surface area contributed by atoms with Gasteiger partial charge in [0.05, 0.1) is 0 Å². The highest BCUT2D eigenvalue weighted by Gasteiger charge is 2.27. The number of fused-ring (bicyclic) bond motifs is 1. The maximum Gasteiger partial charge on any atom is 0.0279 e. The molecular weight excluding hydrogens is 228 g/mol. The van der Waals surface area contributed by atoms with Gasteiger partial charge >= 0.3 is 0 Å². The Labute approximate surface area is 108 Å². The van der Waals surface area contributed by atoms with Crippen molar-refractivity contribution in [3.63, 3.8) is 0 Å². The lowest BCUT2D eigenvalue weighted by Crippen LogP contribution is -2.40. The van der Waals surface area contributed by atoms with Crippen molar-refractivity contribution in [3.05, 3.63) is 34.5 Å². The van der Waals surface area contributed by atoms with E-state index < -0.39 is 0 Å². The number of unbranched alkanes of at least 4 members (excludes halogenated alkanes) is 1. The van der Waals surface area contributed by atoms with Gasteiger partial charge in [0.15, 0.2) is 0 Å². The van der Waals surface area contributed by atoms with Crippen molar-refractivity contribution < 1.29 is 0 Å². The Morgan fingerprint density at radius 2 is 2.53 bits per heavy atom. The summed E-state index contributed by atoms with van der Waals surface area (Å²) in [5, 5.41) is 2.22. The van der Waals surface area contributed by atoms with Crippen molar-refractivity contribution in [2.45, 2.75) is 50.5 Å². The van der Waals surface area contributed by atoms with Crippen LogP contribution in [0.25, 0.3) is 0 Å². The molecule has 0 amide bonds. The topological polar surface area (TPSA) is 38.0 Å². The van der Waals surface area contributed by atoms with E-state index in [2.05, 4.69) is 23.5 Å². The zero-order valence-electron chi connectivity index (χ0n) is 10.3. The van der Waals surface area contributed by atoms with Gasteiger partial charge in [-0.2, -0.15) is 0 Å². The molecule has 17 heavy (non-hydrogen) atoms. The summed E-state index contributed by atoms with van der Waals surface area (Å²) in [6.45, 7) is 3.77. The minimum absolute atomic E-state index is 0.420. The van der Waals surface area contributed by atoms with Gasteiger partial charge < -0.3 is 0 Å². The maximum absolute atomic E-state index is 5.74. The third kappa shape index (κ3) is 2.97. The fraction of sp³-hybridized carbons (Fsp3) is 0.571. The van der Waals surface area contributed by atoms with Crippen LogP contribution in [0.4, 0.5) is 0 Å². The molecule has 2 nitrogen and oxygen atoms in total. The number of aryl methyl sites for hydroxylation is 1. The number of hydrazine groups is 1. The second kappa shape index (κ2) is 6.34. The van der Waals surface area contributed by atoms with Gasteiger partial charge in [0.25, 0.3) is 0 Å². The maximum atomic E-state index is 5.74. The van der Waals surface area contributed by atoms with Gasteiger partial charge in [0, 0.05) is 16.8 Å². The van der Waals surface area contributed by atoms with E-state index in [-0.39, 0.29) is 0 Å². The van der Waals surface area contributed by atoms with E-state index in [0.717, 1.165) is 12.8 Å². The third-order valence-electron chi connectivity index (χ3n) is 3.72. The molecule has 2 rings (SSSR count). The van der Waals surface area contributed by atoms with Crippen molar-refractivity contribution in [3.8, 4) is 0 Å². The Morgan fingerprint density at radius 1 is 1.65 bits per heavy atom. The number of allylic oxidation sites excluding steroid dienone is 1. The average Bonchev–Trinajstić information content (AvgIpc) is 2.83. The molecule has 0 spiro atoms. The second-order valence-corrected chi connectivity index (χ2v) is 5.79. The molecule has 0 saturated carbocycles. The van der Waals surface area contributed by atoms with Crippen molar-refractivity contribution in [1.29, 1.82) is 0 Å². The summed E-state index contributed by atoms with van der Waals surface area (Å²) >= 11 is 1.90. The molecule has 0 aromatic carbocycles. The summed E-state index contributed by atoms with van der Waals surface area (Å²) in [7, 11) is 0. The Balaban J connectivity index is 2.03. The molecule has 2 atom stereocenters. The number of hydrogen-bond donors (Lipinski definition) is 2. The minimum Gasteiger partial charge on any atom is -0.271 e. The Hall–Kier alpha value is -0.640. The van der Waals surface area contributed by atoms with Crippen LogP contribution >= 0.6 is 11.3 Å². The van der Waals surface area contributed by atoms with Crippen molar-refractivity contribution in [2.75, 3.05) is 0 Å². The van der Waals surface area contributed by atoms with E-state index in [1.807, 2.05) is 17.4 Å². The highest BCUT2D eigenvalue weighted by atomic mass is 32.1. The fourth-order valence-electron chi connectivity index (χ4n) is 2.82. The monoisotopic (exact) mass is 250 g/mol. The first kappa shape index (κ1) is 12.8. The molecule has 0 saturated heterocycles. The van der Waals surface area contributed by atoms with Gasteiger partial charge in [-0.15, -0.1) is 17.9 Å². The largest absolute Gasteiger partial charge is 0.271 e. The van der Waals surface area contributed by atoms with E-state index in [9.17, 15) is 0 Å². The molecule has 3 heteroatoms. The normalized spacial score (nSPS) is 20.9. The SMILES string of the molecule is C=CCCCC(NN)C1CCCc2sccc21. The van der Waals surface area contributed by atoms with Crippen molar-refractivity contribution in [2.24, 2.45) is 5.84 Å². The lowest BCUT2D eigenvalue weighted by Gasteiger charge is -2.30. The molecule has 0 aliphatic heterocycles. The molecule has 1 aliphatic carbocycles. The highest BCUT2D eigenvalue weighted by Crippen LogP contribution is 2.37. The lowest BCUT2D eigenvalue weighted by atomic mass is 9.81. The predicted octanol–water partition coefficient (Wildman–Crippen LogP) is 3.36.